The van der Waals surface area contributed by atoms with Crippen molar-refractivity contribution in [2.45, 2.75) is 71.4 Å². The van der Waals surface area contributed by atoms with Crippen molar-refractivity contribution in [1.29, 1.82) is 0 Å². The second kappa shape index (κ2) is 11.1. The molecule has 1 fully saturated rings. The number of aromatic nitrogens is 1. The normalized spacial score (nSPS) is 19.4. The molecule has 1 aliphatic rings. The summed E-state index contributed by atoms with van der Waals surface area (Å²) in [7, 11) is 0. The second-order valence-electron chi connectivity index (χ2n) is 9.33. The summed E-state index contributed by atoms with van der Waals surface area (Å²) in [5.41, 5.74) is 0.0649. The van der Waals surface area contributed by atoms with E-state index in [2.05, 4.69) is 15.6 Å². The number of carbonyl (C=O) groups is 3. The molecule has 0 aliphatic carbocycles. The number of likely N-dealkylation sites (tertiary alicyclic amines) is 1. The molecule has 0 saturated carbocycles. The van der Waals surface area contributed by atoms with Gasteiger partial charge in [-0.15, -0.1) is 0 Å². The van der Waals surface area contributed by atoms with Crippen LogP contribution < -0.4 is 10.6 Å². The molecule has 1 aliphatic heterocycles. The van der Waals surface area contributed by atoms with Gasteiger partial charge in [0.05, 0.1) is 18.7 Å². The summed E-state index contributed by atoms with van der Waals surface area (Å²) >= 11 is 0. The van der Waals surface area contributed by atoms with Crippen molar-refractivity contribution in [2.75, 3.05) is 13.1 Å². The van der Waals surface area contributed by atoms with Gasteiger partial charge < -0.3 is 30.1 Å². The molecule has 0 bridgehead atoms. The van der Waals surface area contributed by atoms with Crippen LogP contribution in [0.3, 0.4) is 0 Å². The summed E-state index contributed by atoms with van der Waals surface area (Å²) in [6, 6.07) is 1.99. The van der Waals surface area contributed by atoms with E-state index >= 15 is 0 Å². The van der Waals surface area contributed by atoms with E-state index in [-0.39, 0.29) is 25.6 Å². The van der Waals surface area contributed by atoms with E-state index in [9.17, 15) is 19.5 Å². The van der Waals surface area contributed by atoms with Crippen molar-refractivity contribution < 1.29 is 29.0 Å². The highest BCUT2D eigenvalue weighted by atomic mass is 16.6. The van der Waals surface area contributed by atoms with E-state index in [1.807, 2.05) is 13.8 Å². The predicted molar refractivity (Wildman–Crippen MR) is 117 cm³/mol. The number of aliphatic hydroxyl groups is 1. The highest BCUT2D eigenvalue weighted by Crippen LogP contribution is 2.16. The van der Waals surface area contributed by atoms with Crippen molar-refractivity contribution in [1.82, 2.24) is 20.5 Å². The fraction of sp³-hybridized carbons (Fsp3) is 0.636. The van der Waals surface area contributed by atoms with Crippen LogP contribution in [0.1, 0.15) is 46.6 Å². The first-order chi connectivity index (χ1) is 14.9. The van der Waals surface area contributed by atoms with Gasteiger partial charge in [-0.1, -0.05) is 19.9 Å². The highest BCUT2D eigenvalue weighted by molar-refractivity contribution is 5.86. The number of carbonyl (C=O) groups excluding carboxylic acids is 3. The maximum atomic E-state index is 12.9. The second-order valence-corrected chi connectivity index (χ2v) is 9.33. The number of aliphatic hydroxyl groups excluding tert-OH is 1. The van der Waals surface area contributed by atoms with Gasteiger partial charge in [0.25, 0.3) is 0 Å². The summed E-state index contributed by atoms with van der Waals surface area (Å²) in [5.74, 6) is -0.330. The molecule has 178 valence electrons. The van der Waals surface area contributed by atoms with Gasteiger partial charge in [-0.05, 0) is 39.2 Å². The van der Waals surface area contributed by atoms with Crippen molar-refractivity contribution >= 4 is 18.1 Å². The lowest BCUT2D eigenvalue weighted by Crippen LogP contribution is -2.53. The molecule has 0 radical (unpaired) electrons. The molecule has 1 aromatic heterocycles. The zero-order valence-electron chi connectivity index (χ0n) is 19.3. The van der Waals surface area contributed by atoms with E-state index in [4.69, 9.17) is 9.47 Å². The molecule has 0 spiro atoms. The van der Waals surface area contributed by atoms with E-state index in [0.717, 1.165) is 5.56 Å². The molecule has 3 atom stereocenters. The Hall–Kier alpha value is -2.88. The first-order valence-electron chi connectivity index (χ1n) is 10.7. The van der Waals surface area contributed by atoms with Crippen molar-refractivity contribution in [2.24, 2.45) is 5.92 Å². The molecule has 32 heavy (non-hydrogen) atoms. The topological polar surface area (TPSA) is 130 Å². The highest BCUT2D eigenvalue weighted by Gasteiger charge is 2.38. The summed E-state index contributed by atoms with van der Waals surface area (Å²) < 4.78 is 10.5. The Labute approximate surface area is 188 Å². The standard InChI is InChI=1S/C22H34N4O6/c1-14(2)9-16(25-20(29)31-13-15-7-6-8-23-10-15)19(28)24-17-11-26(12-18(17)27)21(30)32-22(3,4)5/h6-8,10,14,16-18,27H,9,11-13H2,1-5H3,(H,24,28)(H,25,29)/t16-,17?,18?/m0/s1. The molecular formula is C22H34N4O6. The zero-order valence-corrected chi connectivity index (χ0v) is 19.3. The molecule has 10 heteroatoms. The van der Waals surface area contributed by atoms with Crippen LogP contribution in [0.5, 0.6) is 0 Å². The number of hydrogen-bond donors (Lipinski definition) is 3. The number of ether oxygens (including phenoxy) is 2. The van der Waals surface area contributed by atoms with Crippen LogP contribution >= 0.6 is 0 Å². The molecular weight excluding hydrogens is 416 g/mol. The molecule has 10 nitrogen and oxygen atoms in total. The number of hydrogen-bond acceptors (Lipinski definition) is 7. The summed E-state index contributed by atoms with van der Waals surface area (Å²) in [5, 5.41) is 15.7. The maximum absolute atomic E-state index is 12.9. The first kappa shape index (κ1) is 25.4. The average Bonchev–Trinajstić information content (AvgIpc) is 3.05. The van der Waals surface area contributed by atoms with Gasteiger partial charge in [0.1, 0.15) is 18.2 Å². The minimum atomic E-state index is -0.941. The number of amides is 3. The molecule has 1 saturated heterocycles. The Morgan fingerprint density at radius 1 is 1.28 bits per heavy atom. The molecule has 2 rings (SSSR count). The average molecular weight is 451 g/mol. The van der Waals surface area contributed by atoms with Gasteiger partial charge in [0.2, 0.25) is 5.91 Å². The third-order valence-electron chi connectivity index (χ3n) is 4.68. The van der Waals surface area contributed by atoms with Crippen molar-refractivity contribution in [3.05, 3.63) is 30.1 Å². The van der Waals surface area contributed by atoms with Crippen LogP contribution in [-0.2, 0) is 20.9 Å². The lowest BCUT2D eigenvalue weighted by molar-refractivity contribution is -0.124. The maximum Gasteiger partial charge on any atom is 0.410 e. The quantitative estimate of drug-likeness (QED) is 0.578. The fourth-order valence-corrected chi connectivity index (χ4v) is 3.21. The summed E-state index contributed by atoms with van der Waals surface area (Å²) in [6.07, 6.45) is 1.37. The molecule has 0 aromatic carbocycles. The van der Waals surface area contributed by atoms with E-state index in [1.165, 1.54) is 4.90 Å². The molecule has 2 heterocycles. The minimum Gasteiger partial charge on any atom is -0.445 e. The van der Waals surface area contributed by atoms with Crippen LogP contribution in [0, 0.1) is 5.92 Å². The number of nitrogens with zero attached hydrogens (tertiary/aromatic N) is 2. The number of nitrogens with one attached hydrogen (secondary N) is 2. The van der Waals surface area contributed by atoms with Gasteiger partial charge >= 0.3 is 12.2 Å². The third kappa shape index (κ3) is 8.33. The molecule has 2 unspecified atom stereocenters. The van der Waals surface area contributed by atoms with Crippen LogP contribution in [0.25, 0.3) is 0 Å². The predicted octanol–water partition coefficient (Wildman–Crippen LogP) is 1.82. The van der Waals surface area contributed by atoms with E-state index in [0.29, 0.717) is 6.42 Å². The SMILES string of the molecule is CC(C)C[C@H](NC(=O)OCc1cccnc1)C(=O)NC1CN(C(=O)OC(C)(C)C)CC1O. The first-order valence-corrected chi connectivity index (χ1v) is 10.7. The van der Waals surface area contributed by atoms with Crippen LogP contribution in [-0.4, -0.2) is 70.0 Å². The number of β-amino-alcohol motifs (C(OH)–C–C–N with tert-alkyl or cyclic N) is 1. The van der Waals surface area contributed by atoms with Gasteiger partial charge in [-0.25, -0.2) is 9.59 Å². The molecule has 1 aromatic rings. The minimum absolute atomic E-state index is 0.0296. The summed E-state index contributed by atoms with van der Waals surface area (Å²) in [4.78, 5) is 42.7. The van der Waals surface area contributed by atoms with E-state index < -0.39 is 41.9 Å². The Morgan fingerprint density at radius 3 is 2.59 bits per heavy atom. The Balaban J connectivity index is 1.92. The van der Waals surface area contributed by atoms with Crippen LogP contribution in [0.4, 0.5) is 9.59 Å². The number of alkyl carbamates (subject to hydrolysis) is 1. The van der Waals surface area contributed by atoms with Crippen LogP contribution in [0.15, 0.2) is 24.5 Å². The summed E-state index contributed by atoms with van der Waals surface area (Å²) in [6.45, 7) is 9.32. The monoisotopic (exact) mass is 450 g/mol. The van der Waals surface area contributed by atoms with Gasteiger partial charge in [0, 0.05) is 24.5 Å². The fourth-order valence-electron chi connectivity index (χ4n) is 3.21. The lowest BCUT2D eigenvalue weighted by Gasteiger charge is -2.25. The van der Waals surface area contributed by atoms with Crippen LogP contribution in [0.2, 0.25) is 0 Å². The van der Waals surface area contributed by atoms with Gasteiger partial charge in [-0.2, -0.15) is 0 Å². The number of pyridine rings is 1. The van der Waals surface area contributed by atoms with Crippen molar-refractivity contribution in [3.8, 4) is 0 Å². The smallest absolute Gasteiger partial charge is 0.410 e. The lowest BCUT2D eigenvalue weighted by atomic mass is 10.0. The number of rotatable bonds is 7. The molecule has 3 amide bonds. The van der Waals surface area contributed by atoms with Gasteiger partial charge in [-0.3, -0.25) is 9.78 Å². The molecule has 3 N–H and O–H groups in total. The van der Waals surface area contributed by atoms with Crippen molar-refractivity contribution in [3.63, 3.8) is 0 Å². The Bertz CT molecular complexity index is 780. The largest absolute Gasteiger partial charge is 0.445 e. The Morgan fingerprint density at radius 2 is 2.00 bits per heavy atom. The van der Waals surface area contributed by atoms with E-state index in [1.54, 1.807) is 45.3 Å². The third-order valence-corrected chi connectivity index (χ3v) is 4.68. The Kier molecular flexibility index (Phi) is 8.82. The zero-order chi connectivity index (χ0) is 23.9. The van der Waals surface area contributed by atoms with Gasteiger partial charge in [0.15, 0.2) is 0 Å².